The van der Waals surface area contributed by atoms with E-state index >= 15 is 0 Å². The molecule has 1 saturated carbocycles. The fraction of sp³-hybridized carbons (Fsp3) is 0.571. The van der Waals surface area contributed by atoms with Gasteiger partial charge in [0, 0.05) is 19.3 Å². The average molecular weight is 227 g/mol. The molecule has 0 amide bonds. The summed E-state index contributed by atoms with van der Waals surface area (Å²) in [5.74, 6) is 2.51. The van der Waals surface area contributed by atoms with E-state index in [9.17, 15) is 0 Å². The topological polar surface area (TPSA) is 39.9 Å². The van der Waals surface area contributed by atoms with Gasteiger partial charge in [-0.3, -0.25) is 0 Å². The Morgan fingerprint density at radius 1 is 1.18 bits per heavy atom. The van der Waals surface area contributed by atoms with Crippen molar-refractivity contribution >= 4 is 5.82 Å². The number of anilines is 1. The highest BCUT2D eigenvalue weighted by atomic mass is 15.2. The summed E-state index contributed by atoms with van der Waals surface area (Å²) < 4.78 is 0. The molecule has 4 rings (SSSR count). The fourth-order valence-corrected chi connectivity index (χ4v) is 3.20. The van der Waals surface area contributed by atoms with Gasteiger partial charge < -0.3 is 4.90 Å². The maximum Gasteiger partial charge on any atom is 0.146 e. The summed E-state index contributed by atoms with van der Waals surface area (Å²) in [5, 5.41) is 9.15. The van der Waals surface area contributed by atoms with Crippen LogP contribution in [0.2, 0.25) is 0 Å². The van der Waals surface area contributed by atoms with E-state index in [1.807, 2.05) is 12.1 Å². The van der Waals surface area contributed by atoms with Crippen LogP contribution in [0.1, 0.15) is 31.2 Å². The first kappa shape index (κ1) is 10.6. The number of nitrogens with zero attached hydrogens (tertiary/aromatic N) is 3. The molecule has 3 nitrogen and oxygen atoms in total. The molecule has 0 N–H and O–H groups in total. The molecule has 3 heteroatoms. The first-order chi connectivity index (χ1) is 8.36. The summed E-state index contributed by atoms with van der Waals surface area (Å²) in [7, 11) is 0. The Labute approximate surface area is 102 Å². The molecular weight excluding hydrogens is 210 g/mol. The lowest BCUT2D eigenvalue weighted by atomic mass is 9.84. The quantitative estimate of drug-likeness (QED) is 0.740. The molecule has 17 heavy (non-hydrogen) atoms. The summed E-state index contributed by atoms with van der Waals surface area (Å²) in [6, 6.07) is 5.97. The Morgan fingerprint density at radius 3 is 2.41 bits per heavy atom. The second-order valence-corrected chi connectivity index (χ2v) is 5.28. The van der Waals surface area contributed by atoms with Crippen LogP contribution in [0.15, 0.2) is 18.3 Å². The maximum atomic E-state index is 9.15. The molecule has 0 unspecified atom stereocenters. The van der Waals surface area contributed by atoms with Crippen LogP contribution in [0, 0.1) is 23.2 Å². The summed E-state index contributed by atoms with van der Waals surface area (Å²) >= 11 is 0. The zero-order valence-electron chi connectivity index (χ0n) is 9.97. The van der Waals surface area contributed by atoms with E-state index in [0.29, 0.717) is 5.56 Å². The first-order valence-corrected chi connectivity index (χ1v) is 6.47. The number of fused-ring (bicyclic) bond motifs is 4. The van der Waals surface area contributed by atoms with Gasteiger partial charge in [0.25, 0.3) is 0 Å². The van der Waals surface area contributed by atoms with Crippen molar-refractivity contribution in [2.45, 2.75) is 25.7 Å². The SMILES string of the molecule is N#Cc1cccnc1N1CC2CCC(CC2)C1. The Bertz CT molecular complexity index is 427. The summed E-state index contributed by atoms with van der Waals surface area (Å²) in [5.41, 5.74) is 0.716. The summed E-state index contributed by atoms with van der Waals surface area (Å²) in [6.07, 6.45) is 7.22. The normalized spacial score (nSPS) is 27.6. The number of nitriles is 1. The standard InChI is InChI=1S/C14H17N3/c15-8-13-2-1-7-16-14(13)17-9-11-3-4-12(10-17)6-5-11/h1-2,7,11-12H,3-6,9-10H2. The van der Waals surface area contributed by atoms with Crippen LogP contribution < -0.4 is 4.90 Å². The first-order valence-electron chi connectivity index (χ1n) is 6.47. The highest BCUT2D eigenvalue weighted by molar-refractivity contribution is 5.53. The lowest BCUT2D eigenvalue weighted by Crippen LogP contribution is -2.29. The van der Waals surface area contributed by atoms with Gasteiger partial charge in [-0.2, -0.15) is 5.26 Å². The van der Waals surface area contributed by atoms with E-state index in [1.165, 1.54) is 25.7 Å². The van der Waals surface area contributed by atoms with Crippen molar-refractivity contribution in [2.75, 3.05) is 18.0 Å². The molecule has 0 atom stereocenters. The molecule has 88 valence electrons. The Hall–Kier alpha value is -1.56. The van der Waals surface area contributed by atoms with Crippen molar-refractivity contribution in [1.29, 1.82) is 5.26 Å². The minimum atomic E-state index is 0.716. The van der Waals surface area contributed by atoms with Gasteiger partial charge in [0.1, 0.15) is 11.9 Å². The predicted molar refractivity (Wildman–Crippen MR) is 66.6 cm³/mol. The van der Waals surface area contributed by atoms with Crippen LogP contribution >= 0.6 is 0 Å². The lowest BCUT2D eigenvalue weighted by molar-refractivity contribution is 0.326. The van der Waals surface area contributed by atoms with Gasteiger partial charge in [-0.1, -0.05) is 0 Å². The van der Waals surface area contributed by atoms with E-state index in [2.05, 4.69) is 16.0 Å². The van der Waals surface area contributed by atoms with Crippen LogP contribution in [0.5, 0.6) is 0 Å². The molecule has 1 aromatic heterocycles. The van der Waals surface area contributed by atoms with Crippen molar-refractivity contribution in [2.24, 2.45) is 11.8 Å². The molecule has 0 aromatic carbocycles. The van der Waals surface area contributed by atoms with Gasteiger partial charge in [0.15, 0.2) is 0 Å². The van der Waals surface area contributed by atoms with Crippen molar-refractivity contribution in [3.05, 3.63) is 23.9 Å². The average Bonchev–Trinajstić information content (AvgIpc) is 2.72. The Kier molecular flexibility index (Phi) is 2.72. The molecule has 2 saturated heterocycles. The van der Waals surface area contributed by atoms with Crippen molar-refractivity contribution in [3.63, 3.8) is 0 Å². The molecule has 2 bridgehead atoms. The highest BCUT2D eigenvalue weighted by Gasteiger charge is 2.30. The number of pyridine rings is 1. The van der Waals surface area contributed by atoms with Crippen molar-refractivity contribution in [1.82, 2.24) is 4.98 Å². The molecule has 0 spiro atoms. The molecule has 3 aliphatic rings. The number of hydrogen-bond acceptors (Lipinski definition) is 3. The van der Waals surface area contributed by atoms with E-state index in [1.54, 1.807) is 6.20 Å². The van der Waals surface area contributed by atoms with Gasteiger partial charge in [-0.15, -0.1) is 0 Å². The van der Waals surface area contributed by atoms with Crippen LogP contribution in [-0.2, 0) is 0 Å². The van der Waals surface area contributed by atoms with E-state index in [0.717, 1.165) is 30.7 Å². The number of aromatic nitrogens is 1. The third-order valence-corrected chi connectivity index (χ3v) is 4.13. The van der Waals surface area contributed by atoms with Crippen LogP contribution in [0.4, 0.5) is 5.82 Å². The highest BCUT2D eigenvalue weighted by Crippen LogP contribution is 2.35. The largest absolute Gasteiger partial charge is 0.355 e. The van der Waals surface area contributed by atoms with Gasteiger partial charge in [-0.05, 0) is 49.7 Å². The third kappa shape index (κ3) is 2.00. The van der Waals surface area contributed by atoms with Crippen LogP contribution in [-0.4, -0.2) is 18.1 Å². The summed E-state index contributed by atoms with van der Waals surface area (Å²) in [6.45, 7) is 2.17. The van der Waals surface area contributed by atoms with E-state index < -0.39 is 0 Å². The molecule has 3 heterocycles. The van der Waals surface area contributed by atoms with Gasteiger partial charge in [0.2, 0.25) is 0 Å². The Balaban J connectivity index is 1.91. The molecular formula is C14H17N3. The molecule has 2 aliphatic heterocycles. The summed E-state index contributed by atoms with van der Waals surface area (Å²) in [4.78, 5) is 6.76. The fourth-order valence-electron chi connectivity index (χ4n) is 3.20. The zero-order valence-corrected chi connectivity index (χ0v) is 9.97. The second-order valence-electron chi connectivity index (χ2n) is 5.28. The number of rotatable bonds is 1. The maximum absolute atomic E-state index is 9.15. The monoisotopic (exact) mass is 227 g/mol. The minimum Gasteiger partial charge on any atom is -0.355 e. The molecule has 0 radical (unpaired) electrons. The van der Waals surface area contributed by atoms with Crippen LogP contribution in [0.3, 0.4) is 0 Å². The second kappa shape index (κ2) is 4.37. The molecule has 1 aliphatic carbocycles. The van der Waals surface area contributed by atoms with Crippen molar-refractivity contribution in [3.8, 4) is 6.07 Å². The molecule has 3 fully saturated rings. The van der Waals surface area contributed by atoms with Gasteiger partial charge in [0.05, 0.1) is 5.56 Å². The van der Waals surface area contributed by atoms with E-state index in [4.69, 9.17) is 5.26 Å². The third-order valence-electron chi connectivity index (χ3n) is 4.13. The lowest BCUT2D eigenvalue weighted by Gasteiger charge is -2.24. The van der Waals surface area contributed by atoms with Crippen molar-refractivity contribution < 1.29 is 0 Å². The van der Waals surface area contributed by atoms with Gasteiger partial charge in [-0.25, -0.2) is 4.98 Å². The predicted octanol–water partition coefficient (Wildman–Crippen LogP) is 2.58. The van der Waals surface area contributed by atoms with Gasteiger partial charge >= 0.3 is 0 Å². The van der Waals surface area contributed by atoms with E-state index in [-0.39, 0.29) is 0 Å². The number of hydrogen-bond donors (Lipinski definition) is 0. The Morgan fingerprint density at radius 2 is 1.82 bits per heavy atom. The molecule has 1 aromatic rings. The zero-order chi connectivity index (χ0) is 11.7. The van der Waals surface area contributed by atoms with Crippen LogP contribution in [0.25, 0.3) is 0 Å². The smallest absolute Gasteiger partial charge is 0.146 e. The minimum absolute atomic E-state index is 0.716.